The Morgan fingerprint density at radius 2 is 2.05 bits per heavy atom. The fourth-order valence-corrected chi connectivity index (χ4v) is 1.99. The summed E-state index contributed by atoms with van der Waals surface area (Å²) in [5.74, 6) is -2.95. The van der Waals surface area contributed by atoms with Gasteiger partial charge in [0, 0.05) is 25.2 Å². The number of nitrogens with zero attached hydrogens (tertiary/aromatic N) is 1. The zero-order valence-electron chi connectivity index (χ0n) is 10.2. The fourth-order valence-electron chi connectivity index (χ4n) is 1.99. The predicted octanol–water partition coefficient (Wildman–Crippen LogP) is 2.24. The molecule has 1 heterocycles. The Kier molecular flexibility index (Phi) is 3.85. The van der Waals surface area contributed by atoms with Crippen LogP contribution in [0.25, 0.3) is 0 Å². The summed E-state index contributed by atoms with van der Waals surface area (Å²) in [6.07, 6.45) is -4.90. The molecule has 1 aliphatic heterocycles. The molecule has 1 aromatic rings. The van der Waals surface area contributed by atoms with Crippen LogP contribution in [-0.4, -0.2) is 35.4 Å². The van der Waals surface area contributed by atoms with Gasteiger partial charge in [-0.3, -0.25) is 9.69 Å². The SMILES string of the molecule is O=C(O)C1CN(Cc2c(F)cccc2OC(F)(F)F)C1. The summed E-state index contributed by atoms with van der Waals surface area (Å²) in [5, 5.41) is 8.70. The van der Waals surface area contributed by atoms with Gasteiger partial charge in [-0.25, -0.2) is 4.39 Å². The van der Waals surface area contributed by atoms with E-state index in [1.165, 1.54) is 0 Å². The lowest BCUT2D eigenvalue weighted by atomic mass is 9.99. The van der Waals surface area contributed by atoms with Gasteiger partial charge in [0.2, 0.25) is 0 Å². The summed E-state index contributed by atoms with van der Waals surface area (Å²) < 4.78 is 54.0. The van der Waals surface area contributed by atoms with Crippen molar-refractivity contribution in [1.29, 1.82) is 0 Å². The van der Waals surface area contributed by atoms with Crippen LogP contribution in [0.15, 0.2) is 18.2 Å². The molecule has 0 spiro atoms. The number of halogens is 4. The molecule has 0 amide bonds. The second-order valence-electron chi connectivity index (χ2n) is 4.49. The van der Waals surface area contributed by atoms with Gasteiger partial charge in [0.1, 0.15) is 11.6 Å². The molecule has 2 rings (SSSR count). The molecule has 0 bridgehead atoms. The van der Waals surface area contributed by atoms with Gasteiger partial charge < -0.3 is 9.84 Å². The lowest BCUT2D eigenvalue weighted by molar-refractivity contribution is -0.275. The molecule has 0 radical (unpaired) electrons. The highest BCUT2D eigenvalue weighted by Gasteiger charge is 2.35. The summed E-state index contributed by atoms with van der Waals surface area (Å²) in [6.45, 7) is 0.228. The molecule has 1 fully saturated rings. The summed E-state index contributed by atoms with van der Waals surface area (Å²) >= 11 is 0. The molecular weight excluding hydrogens is 282 g/mol. The number of likely N-dealkylation sites (tertiary alicyclic amines) is 1. The first-order valence-electron chi connectivity index (χ1n) is 5.74. The van der Waals surface area contributed by atoms with E-state index in [0.29, 0.717) is 0 Å². The molecule has 0 aliphatic carbocycles. The van der Waals surface area contributed by atoms with Crippen LogP contribution < -0.4 is 4.74 Å². The molecule has 0 atom stereocenters. The van der Waals surface area contributed by atoms with Gasteiger partial charge in [0.15, 0.2) is 0 Å². The summed E-state index contributed by atoms with van der Waals surface area (Å²) in [7, 11) is 0. The fraction of sp³-hybridized carbons (Fsp3) is 0.417. The van der Waals surface area contributed by atoms with Crippen LogP contribution in [0.3, 0.4) is 0 Å². The van der Waals surface area contributed by atoms with E-state index in [1.807, 2.05) is 0 Å². The number of hydrogen-bond acceptors (Lipinski definition) is 3. The highest BCUT2D eigenvalue weighted by Crippen LogP contribution is 2.30. The topological polar surface area (TPSA) is 49.8 Å². The van der Waals surface area contributed by atoms with Crippen molar-refractivity contribution in [2.45, 2.75) is 12.9 Å². The number of aliphatic carboxylic acids is 1. The molecule has 0 unspecified atom stereocenters. The smallest absolute Gasteiger partial charge is 0.481 e. The van der Waals surface area contributed by atoms with Gasteiger partial charge in [-0.2, -0.15) is 0 Å². The highest BCUT2D eigenvalue weighted by molar-refractivity contribution is 5.71. The van der Waals surface area contributed by atoms with Crippen molar-refractivity contribution in [2.24, 2.45) is 5.92 Å². The van der Waals surface area contributed by atoms with Crippen LogP contribution in [0, 0.1) is 11.7 Å². The normalized spacial score (nSPS) is 16.8. The Morgan fingerprint density at radius 3 is 2.60 bits per heavy atom. The molecule has 4 nitrogen and oxygen atoms in total. The number of rotatable bonds is 4. The van der Waals surface area contributed by atoms with Crippen LogP contribution in [0.2, 0.25) is 0 Å². The van der Waals surface area contributed by atoms with E-state index in [0.717, 1.165) is 18.2 Å². The van der Waals surface area contributed by atoms with Crippen LogP contribution in [-0.2, 0) is 11.3 Å². The minimum atomic E-state index is -4.90. The largest absolute Gasteiger partial charge is 0.573 e. The second kappa shape index (κ2) is 5.28. The van der Waals surface area contributed by atoms with Crippen molar-refractivity contribution in [3.8, 4) is 5.75 Å². The molecule has 0 aromatic heterocycles. The van der Waals surface area contributed by atoms with Crippen LogP contribution in [0.4, 0.5) is 17.6 Å². The maximum absolute atomic E-state index is 13.6. The maximum Gasteiger partial charge on any atom is 0.573 e. The molecular formula is C12H11F4NO3. The number of hydrogen-bond donors (Lipinski definition) is 1. The summed E-state index contributed by atoms with van der Waals surface area (Å²) in [6, 6.07) is 3.18. The third-order valence-corrected chi connectivity index (χ3v) is 2.99. The Labute approximate surface area is 111 Å². The number of carboxylic acid groups (broad SMARTS) is 1. The average molecular weight is 293 g/mol. The first kappa shape index (κ1) is 14.6. The quantitative estimate of drug-likeness (QED) is 0.865. The lowest BCUT2D eigenvalue weighted by Crippen LogP contribution is -2.49. The van der Waals surface area contributed by atoms with E-state index in [2.05, 4.69) is 4.74 Å². The number of carboxylic acids is 1. The zero-order valence-corrected chi connectivity index (χ0v) is 10.2. The number of alkyl halides is 3. The van der Waals surface area contributed by atoms with Gasteiger partial charge in [0.25, 0.3) is 0 Å². The van der Waals surface area contributed by atoms with Crippen LogP contribution >= 0.6 is 0 Å². The van der Waals surface area contributed by atoms with E-state index in [9.17, 15) is 22.4 Å². The molecule has 20 heavy (non-hydrogen) atoms. The second-order valence-corrected chi connectivity index (χ2v) is 4.49. The Bertz CT molecular complexity index is 512. The molecule has 8 heteroatoms. The van der Waals surface area contributed by atoms with Crippen LogP contribution in [0.5, 0.6) is 5.75 Å². The summed E-state index contributed by atoms with van der Waals surface area (Å²) in [5.41, 5.74) is -0.228. The number of carbonyl (C=O) groups is 1. The van der Waals surface area contributed by atoms with Gasteiger partial charge >= 0.3 is 12.3 Å². The van der Waals surface area contributed by atoms with Crippen molar-refractivity contribution in [1.82, 2.24) is 4.90 Å². The molecule has 1 saturated heterocycles. The van der Waals surface area contributed by atoms with E-state index >= 15 is 0 Å². The van der Waals surface area contributed by atoms with Crippen molar-refractivity contribution in [2.75, 3.05) is 13.1 Å². The van der Waals surface area contributed by atoms with Crippen molar-refractivity contribution in [3.63, 3.8) is 0 Å². The van der Waals surface area contributed by atoms with E-state index in [4.69, 9.17) is 5.11 Å². The van der Waals surface area contributed by atoms with Gasteiger partial charge in [-0.05, 0) is 12.1 Å². The third-order valence-electron chi connectivity index (χ3n) is 2.99. The van der Waals surface area contributed by atoms with E-state index < -0.39 is 29.8 Å². The highest BCUT2D eigenvalue weighted by atomic mass is 19.4. The molecule has 1 N–H and O–H groups in total. The molecule has 0 saturated carbocycles. The first-order valence-corrected chi connectivity index (χ1v) is 5.74. The minimum absolute atomic E-state index is 0.123. The molecule has 110 valence electrons. The molecule has 1 aliphatic rings. The zero-order chi connectivity index (χ0) is 14.9. The van der Waals surface area contributed by atoms with E-state index in [-0.39, 0.29) is 25.2 Å². The monoisotopic (exact) mass is 293 g/mol. The average Bonchev–Trinajstić information content (AvgIpc) is 2.22. The minimum Gasteiger partial charge on any atom is -0.481 e. The van der Waals surface area contributed by atoms with Gasteiger partial charge in [-0.15, -0.1) is 13.2 Å². The Hall–Kier alpha value is -1.83. The Balaban J connectivity index is 2.09. The summed E-state index contributed by atoms with van der Waals surface area (Å²) in [4.78, 5) is 12.2. The van der Waals surface area contributed by atoms with Gasteiger partial charge in [-0.1, -0.05) is 6.07 Å². The van der Waals surface area contributed by atoms with Crippen LogP contribution in [0.1, 0.15) is 5.56 Å². The first-order chi connectivity index (χ1) is 9.26. The predicted molar refractivity (Wildman–Crippen MR) is 59.5 cm³/mol. The molecule has 1 aromatic carbocycles. The number of ether oxygens (including phenoxy) is 1. The third kappa shape index (κ3) is 3.38. The van der Waals surface area contributed by atoms with E-state index in [1.54, 1.807) is 4.90 Å². The van der Waals surface area contributed by atoms with Crippen molar-refractivity contribution >= 4 is 5.97 Å². The van der Waals surface area contributed by atoms with Gasteiger partial charge in [0.05, 0.1) is 5.92 Å². The Morgan fingerprint density at radius 1 is 1.40 bits per heavy atom. The lowest BCUT2D eigenvalue weighted by Gasteiger charge is -2.36. The maximum atomic E-state index is 13.6. The number of benzene rings is 1. The van der Waals surface area contributed by atoms with Crippen molar-refractivity contribution in [3.05, 3.63) is 29.6 Å². The van der Waals surface area contributed by atoms with Crippen molar-refractivity contribution < 1.29 is 32.2 Å². The standard InChI is InChI=1S/C12H11F4NO3/c13-9-2-1-3-10(20-12(14,15)16)8(9)6-17-4-7(5-17)11(18)19/h1-3,7H,4-6H2,(H,18,19).